The first-order chi connectivity index (χ1) is 18.7. The molecule has 4 fully saturated rings. The normalized spacial score (nSPS) is 24.9. The first-order valence-corrected chi connectivity index (χ1v) is 14.2. The maximum Gasteiger partial charge on any atom is 0.410 e. The topological polar surface area (TPSA) is 82.2 Å². The summed E-state index contributed by atoms with van der Waals surface area (Å²) in [6.45, 7) is 8.64. The van der Waals surface area contributed by atoms with Gasteiger partial charge in [0.1, 0.15) is 5.60 Å². The number of fused-ring (bicyclic) bond motifs is 4. The van der Waals surface area contributed by atoms with Gasteiger partial charge in [-0.05, 0) is 70.7 Å². The van der Waals surface area contributed by atoms with Gasteiger partial charge < -0.3 is 24.8 Å². The molecule has 4 heterocycles. The van der Waals surface area contributed by atoms with Gasteiger partial charge in [-0.25, -0.2) is 4.79 Å². The second-order valence-corrected chi connectivity index (χ2v) is 12.0. The fourth-order valence-electron chi connectivity index (χ4n) is 6.28. The van der Waals surface area contributed by atoms with E-state index in [1.165, 1.54) is 0 Å². The molecule has 40 heavy (non-hydrogen) atoms. The van der Waals surface area contributed by atoms with Crippen molar-refractivity contribution < 1.29 is 19.1 Å². The summed E-state index contributed by atoms with van der Waals surface area (Å²) in [6, 6.07) is 20.0. The van der Waals surface area contributed by atoms with Crippen LogP contribution in [0.1, 0.15) is 67.2 Å². The summed E-state index contributed by atoms with van der Waals surface area (Å²) in [5, 5.41) is 3.39. The minimum atomic E-state index is -0.493. The third-order valence-electron chi connectivity index (χ3n) is 8.02. The predicted octanol–water partition coefficient (Wildman–Crippen LogP) is 4.60. The Kier molecular flexibility index (Phi) is 9.41. The summed E-state index contributed by atoms with van der Waals surface area (Å²) < 4.78 is 5.47. The molecule has 6 rings (SSSR count). The molecule has 4 aliphatic heterocycles. The summed E-state index contributed by atoms with van der Waals surface area (Å²) in [5.74, 6) is 0.275. The molecule has 2 aromatic rings. The van der Waals surface area contributed by atoms with E-state index in [1.807, 2.05) is 86.3 Å². The Balaban J connectivity index is 0.000000191. The highest BCUT2D eigenvalue weighted by atomic mass is 35.5. The van der Waals surface area contributed by atoms with E-state index in [0.29, 0.717) is 25.2 Å². The summed E-state index contributed by atoms with van der Waals surface area (Å²) >= 11 is 0. The summed E-state index contributed by atoms with van der Waals surface area (Å²) in [5.41, 5.74) is 1.05. The van der Waals surface area contributed by atoms with Crippen LogP contribution in [0.3, 0.4) is 0 Å². The molecule has 3 amide bonds. The Labute approximate surface area is 243 Å². The molecule has 4 atom stereocenters. The van der Waals surface area contributed by atoms with Gasteiger partial charge in [0.15, 0.2) is 0 Å². The van der Waals surface area contributed by atoms with Crippen LogP contribution in [0.5, 0.6) is 0 Å². The highest BCUT2D eigenvalue weighted by molar-refractivity contribution is 5.95. The quantitative estimate of drug-likeness (QED) is 0.573. The maximum absolute atomic E-state index is 12.8. The van der Waals surface area contributed by atoms with Gasteiger partial charge in [0.05, 0.1) is 12.1 Å². The van der Waals surface area contributed by atoms with E-state index in [1.54, 1.807) is 4.90 Å². The first kappa shape index (κ1) is 29.9. The van der Waals surface area contributed by atoms with E-state index in [0.717, 1.165) is 49.9 Å². The SMILES string of the molecule is CC(C)(C)OC(=O)N1CC2CCC(C1)N2C(=O)c1ccccc1.Cl.O=C(c1ccccc1)N1C2CCC1CNC2. The molecule has 4 bridgehead atoms. The highest BCUT2D eigenvalue weighted by Gasteiger charge is 2.45. The van der Waals surface area contributed by atoms with Gasteiger partial charge in [0.25, 0.3) is 11.8 Å². The van der Waals surface area contributed by atoms with Gasteiger partial charge in [-0.2, -0.15) is 0 Å². The number of nitrogens with zero attached hydrogens (tertiary/aromatic N) is 3. The van der Waals surface area contributed by atoms with Gasteiger partial charge in [0, 0.05) is 49.4 Å². The van der Waals surface area contributed by atoms with Crippen molar-refractivity contribution in [3.8, 4) is 0 Å². The second kappa shape index (κ2) is 12.6. The number of rotatable bonds is 2. The van der Waals surface area contributed by atoms with Crippen molar-refractivity contribution in [3.05, 3.63) is 71.8 Å². The molecule has 0 saturated carbocycles. The lowest BCUT2D eigenvalue weighted by molar-refractivity contribution is 0.00240. The monoisotopic (exact) mass is 568 g/mol. The lowest BCUT2D eigenvalue weighted by Gasteiger charge is -2.41. The molecule has 0 spiro atoms. The number of hydrogen-bond donors (Lipinski definition) is 1. The van der Waals surface area contributed by atoms with Crippen molar-refractivity contribution >= 4 is 30.3 Å². The van der Waals surface area contributed by atoms with Crippen LogP contribution in [0.15, 0.2) is 60.7 Å². The van der Waals surface area contributed by atoms with Crippen molar-refractivity contribution in [1.82, 2.24) is 20.0 Å². The van der Waals surface area contributed by atoms with E-state index in [4.69, 9.17) is 4.74 Å². The van der Waals surface area contributed by atoms with Crippen LogP contribution in [0.25, 0.3) is 0 Å². The maximum atomic E-state index is 12.8. The molecule has 2 aromatic carbocycles. The van der Waals surface area contributed by atoms with E-state index in [-0.39, 0.29) is 42.4 Å². The van der Waals surface area contributed by atoms with Crippen molar-refractivity contribution in [2.45, 2.75) is 76.2 Å². The zero-order chi connectivity index (χ0) is 27.6. The summed E-state index contributed by atoms with van der Waals surface area (Å²) in [7, 11) is 0. The smallest absolute Gasteiger partial charge is 0.410 e. The number of ether oxygens (including phenoxy) is 1. The first-order valence-electron chi connectivity index (χ1n) is 14.2. The van der Waals surface area contributed by atoms with Crippen molar-refractivity contribution in [1.29, 1.82) is 0 Å². The third kappa shape index (κ3) is 6.61. The Morgan fingerprint density at radius 2 is 1.10 bits per heavy atom. The van der Waals surface area contributed by atoms with E-state index >= 15 is 0 Å². The van der Waals surface area contributed by atoms with Crippen molar-refractivity contribution in [2.24, 2.45) is 0 Å². The number of benzene rings is 2. The zero-order valence-corrected chi connectivity index (χ0v) is 24.4. The number of likely N-dealkylation sites (tertiary alicyclic amines) is 1. The molecule has 8 nitrogen and oxygen atoms in total. The molecule has 4 saturated heterocycles. The van der Waals surface area contributed by atoms with Gasteiger partial charge in [-0.1, -0.05) is 36.4 Å². The molecule has 216 valence electrons. The molecule has 4 unspecified atom stereocenters. The Bertz CT molecular complexity index is 1140. The minimum Gasteiger partial charge on any atom is -0.444 e. The van der Waals surface area contributed by atoms with Crippen LogP contribution >= 0.6 is 12.4 Å². The number of piperazine rings is 2. The molecule has 0 aromatic heterocycles. The van der Waals surface area contributed by atoms with E-state index < -0.39 is 5.60 Å². The Morgan fingerprint density at radius 3 is 1.52 bits per heavy atom. The molecular weight excluding hydrogens is 528 g/mol. The third-order valence-corrected chi connectivity index (χ3v) is 8.02. The summed E-state index contributed by atoms with van der Waals surface area (Å²) in [4.78, 5) is 43.2. The molecule has 1 N–H and O–H groups in total. The van der Waals surface area contributed by atoms with Crippen molar-refractivity contribution in [2.75, 3.05) is 26.2 Å². The number of nitrogens with one attached hydrogen (secondary N) is 1. The number of carbonyl (C=O) groups is 3. The second-order valence-electron chi connectivity index (χ2n) is 12.0. The fourth-order valence-corrected chi connectivity index (χ4v) is 6.28. The van der Waals surface area contributed by atoms with Gasteiger partial charge in [-0.15, -0.1) is 12.4 Å². The highest BCUT2D eigenvalue weighted by Crippen LogP contribution is 2.32. The fraction of sp³-hybridized carbons (Fsp3) is 0.516. The van der Waals surface area contributed by atoms with Crippen LogP contribution < -0.4 is 5.32 Å². The molecule has 4 aliphatic rings. The van der Waals surface area contributed by atoms with Crippen LogP contribution in [0, 0.1) is 0 Å². The van der Waals surface area contributed by atoms with Gasteiger partial charge in [-0.3, -0.25) is 9.59 Å². The number of amides is 3. The van der Waals surface area contributed by atoms with Crippen molar-refractivity contribution in [3.63, 3.8) is 0 Å². The number of halogens is 1. The van der Waals surface area contributed by atoms with Gasteiger partial charge in [0.2, 0.25) is 0 Å². The van der Waals surface area contributed by atoms with Crippen LogP contribution in [-0.4, -0.2) is 88.6 Å². The van der Waals surface area contributed by atoms with E-state index in [9.17, 15) is 14.4 Å². The number of carbonyl (C=O) groups excluding carboxylic acids is 3. The van der Waals surface area contributed by atoms with Gasteiger partial charge >= 0.3 is 6.09 Å². The average molecular weight is 569 g/mol. The lowest BCUT2D eigenvalue weighted by Crippen LogP contribution is -2.57. The molecule has 9 heteroatoms. The molecule has 0 aliphatic carbocycles. The van der Waals surface area contributed by atoms with Crippen LogP contribution in [-0.2, 0) is 4.74 Å². The Hall–Kier alpha value is -3.10. The number of hydrogen-bond acceptors (Lipinski definition) is 5. The molecule has 0 radical (unpaired) electrons. The van der Waals surface area contributed by atoms with Crippen LogP contribution in [0.4, 0.5) is 4.79 Å². The lowest BCUT2D eigenvalue weighted by atomic mass is 10.1. The Morgan fingerprint density at radius 1 is 0.700 bits per heavy atom. The standard InChI is InChI=1S/C18H24N2O3.C13H16N2O.ClH/c1-18(2,3)23-17(22)19-11-14-9-10-15(12-19)20(14)16(21)13-7-5-4-6-8-13;16-13(10-4-2-1-3-5-10)15-11-6-7-12(15)9-14-8-11;/h4-8,14-15H,9-12H2,1-3H3;1-5,11-12,14H,6-9H2;1H. The van der Waals surface area contributed by atoms with E-state index in [2.05, 4.69) is 10.2 Å². The predicted molar refractivity (Wildman–Crippen MR) is 157 cm³/mol. The summed E-state index contributed by atoms with van der Waals surface area (Å²) in [6.07, 6.45) is 3.92. The zero-order valence-electron chi connectivity index (χ0n) is 23.6. The van der Waals surface area contributed by atoms with Crippen LogP contribution in [0.2, 0.25) is 0 Å². The minimum absolute atomic E-state index is 0. The average Bonchev–Trinajstić information content (AvgIpc) is 3.34. The molecular formula is C31H41ClN4O4. The largest absolute Gasteiger partial charge is 0.444 e.